The van der Waals surface area contributed by atoms with Crippen molar-refractivity contribution in [2.75, 3.05) is 6.61 Å². The van der Waals surface area contributed by atoms with E-state index >= 15 is 0 Å². The number of benzene rings is 2. The van der Waals surface area contributed by atoms with Crippen molar-refractivity contribution in [2.45, 2.75) is 32.7 Å². The van der Waals surface area contributed by atoms with Crippen LogP contribution in [0.5, 0.6) is 11.5 Å². The standard InChI is InChI=1S/C25H24N2O7/c1-3-14-9-23(30)34-21-7-13(2)6-20(24(14)21)33-12-22(29)27-19(25(31)32)8-15-11-26-18-5-4-16(28)10-17(15)18/h4-7,9-11,19,26,28H,3,8,12H2,1-2H3,(H,27,29)(H,31,32)/p-1/t19-/m0/s1. The number of hydrogen-bond acceptors (Lipinski definition) is 7. The lowest BCUT2D eigenvalue weighted by Gasteiger charge is -2.20. The molecule has 0 fully saturated rings. The minimum absolute atomic E-state index is 0.0449. The van der Waals surface area contributed by atoms with E-state index in [2.05, 4.69) is 10.3 Å². The second-order valence-electron chi connectivity index (χ2n) is 8.06. The third kappa shape index (κ3) is 4.73. The summed E-state index contributed by atoms with van der Waals surface area (Å²) in [6, 6.07) is 8.23. The summed E-state index contributed by atoms with van der Waals surface area (Å²) in [5, 5.41) is 25.1. The maximum Gasteiger partial charge on any atom is 0.336 e. The first kappa shape index (κ1) is 22.9. The van der Waals surface area contributed by atoms with Crippen LogP contribution in [0.4, 0.5) is 0 Å². The normalized spacial score (nSPS) is 12.1. The SMILES string of the molecule is CCc1cc(=O)oc2cc(C)cc(OCC(=O)N[C@@H](Cc3c[nH]c4ccc(O)cc34)C(=O)[O-])c12. The molecule has 176 valence electrons. The van der Waals surface area contributed by atoms with E-state index in [1.54, 1.807) is 31.3 Å². The van der Waals surface area contributed by atoms with Crippen LogP contribution < -0.4 is 20.8 Å². The average Bonchev–Trinajstić information content (AvgIpc) is 3.17. The van der Waals surface area contributed by atoms with Gasteiger partial charge < -0.3 is 34.5 Å². The first-order valence-electron chi connectivity index (χ1n) is 10.7. The maximum atomic E-state index is 12.6. The van der Waals surface area contributed by atoms with Crippen molar-refractivity contribution in [3.8, 4) is 11.5 Å². The molecule has 0 aliphatic rings. The first-order chi connectivity index (χ1) is 16.2. The summed E-state index contributed by atoms with van der Waals surface area (Å²) in [7, 11) is 0. The number of carboxylic acid groups (broad SMARTS) is 1. The Bertz CT molecular complexity index is 1450. The summed E-state index contributed by atoms with van der Waals surface area (Å²) in [5.74, 6) is -1.69. The second-order valence-corrected chi connectivity index (χ2v) is 8.06. The summed E-state index contributed by atoms with van der Waals surface area (Å²) in [4.78, 5) is 39.1. The zero-order valence-corrected chi connectivity index (χ0v) is 18.6. The summed E-state index contributed by atoms with van der Waals surface area (Å²) in [5.41, 5.74) is 2.71. The van der Waals surface area contributed by atoms with Crippen LogP contribution in [0.25, 0.3) is 21.9 Å². The van der Waals surface area contributed by atoms with E-state index in [1.807, 2.05) is 6.92 Å². The molecule has 1 atom stereocenters. The average molecular weight is 463 g/mol. The number of carbonyl (C=O) groups excluding carboxylic acids is 2. The number of carboxylic acids is 1. The summed E-state index contributed by atoms with van der Waals surface area (Å²) < 4.78 is 11.0. The molecule has 0 unspecified atom stereocenters. The van der Waals surface area contributed by atoms with Crippen LogP contribution in [-0.2, 0) is 22.4 Å². The zero-order valence-electron chi connectivity index (χ0n) is 18.6. The number of aromatic hydroxyl groups is 1. The minimum Gasteiger partial charge on any atom is -0.548 e. The van der Waals surface area contributed by atoms with Gasteiger partial charge in [-0.3, -0.25) is 4.79 Å². The highest BCUT2D eigenvalue weighted by Gasteiger charge is 2.18. The van der Waals surface area contributed by atoms with Crippen molar-refractivity contribution in [3.05, 3.63) is 69.7 Å². The Kier molecular flexibility index (Phi) is 6.27. The van der Waals surface area contributed by atoms with Gasteiger partial charge in [-0.1, -0.05) is 6.92 Å². The molecule has 0 spiro atoms. The highest BCUT2D eigenvalue weighted by atomic mass is 16.5. The van der Waals surface area contributed by atoms with Crippen LogP contribution in [0.1, 0.15) is 23.6 Å². The van der Waals surface area contributed by atoms with E-state index in [0.29, 0.717) is 34.1 Å². The highest BCUT2D eigenvalue weighted by Crippen LogP contribution is 2.30. The molecule has 0 aliphatic heterocycles. The van der Waals surface area contributed by atoms with Gasteiger partial charge in [-0.15, -0.1) is 0 Å². The van der Waals surface area contributed by atoms with Crippen LogP contribution >= 0.6 is 0 Å². The Morgan fingerprint density at radius 3 is 2.74 bits per heavy atom. The van der Waals surface area contributed by atoms with Gasteiger partial charge in [0.15, 0.2) is 6.61 Å². The molecule has 2 aromatic heterocycles. The topological polar surface area (TPSA) is 145 Å². The third-order valence-corrected chi connectivity index (χ3v) is 5.57. The molecule has 0 saturated heterocycles. The van der Waals surface area contributed by atoms with Crippen molar-refractivity contribution in [1.82, 2.24) is 10.3 Å². The smallest absolute Gasteiger partial charge is 0.336 e. The van der Waals surface area contributed by atoms with E-state index in [0.717, 1.165) is 16.6 Å². The molecule has 4 aromatic rings. The van der Waals surface area contributed by atoms with Crippen LogP contribution in [0.2, 0.25) is 0 Å². The first-order valence-corrected chi connectivity index (χ1v) is 10.7. The molecule has 0 radical (unpaired) electrons. The van der Waals surface area contributed by atoms with E-state index in [9.17, 15) is 24.6 Å². The van der Waals surface area contributed by atoms with Gasteiger partial charge in [-0.25, -0.2) is 4.79 Å². The predicted octanol–water partition coefficient (Wildman–Crippen LogP) is 1.71. The van der Waals surface area contributed by atoms with Gasteiger partial charge in [0, 0.05) is 29.6 Å². The largest absolute Gasteiger partial charge is 0.548 e. The lowest BCUT2D eigenvalue weighted by atomic mass is 10.0. The van der Waals surface area contributed by atoms with Gasteiger partial charge in [0.05, 0.1) is 17.4 Å². The zero-order chi connectivity index (χ0) is 24.4. The molecule has 0 bridgehead atoms. The summed E-state index contributed by atoms with van der Waals surface area (Å²) in [6.07, 6.45) is 2.14. The van der Waals surface area contributed by atoms with Crippen LogP contribution in [0.3, 0.4) is 0 Å². The third-order valence-electron chi connectivity index (χ3n) is 5.57. The second kappa shape index (κ2) is 9.30. The number of fused-ring (bicyclic) bond motifs is 2. The number of aliphatic carboxylic acids is 1. The summed E-state index contributed by atoms with van der Waals surface area (Å²) in [6.45, 7) is 3.24. The van der Waals surface area contributed by atoms with E-state index in [-0.39, 0.29) is 12.2 Å². The van der Waals surface area contributed by atoms with Gasteiger partial charge in [-0.05, 0) is 60.4 Å². The number of phenolic OH excluding ortho intramolecular Hbond substituents is 1. The fourth-order valence-electron chi connectivity index (χ4n) is 3.99. The van der Waals surface area contributed by atoms with Crippen molar-refractivity contribution < 1.29 is 29.0 Å². The Morgan fingerprint density at radius 2 is 2.00 bits per heavy atom. The molecule has 9 heteroatoms. The van der Waals surface area contributed by atoms with Gasteiger partial charge in [0.2, 0.25) is 0 Å². The number of aromatic amines is 1. The Hall–Kier alpha value is -4.27. The fourth-order valence-corrected chi connectivity index (χ4v) is 3.99. The number of hydrogen-bond donors (Lipinski definition) is 3. The number of ether oxygens (including phenoxy) is 1. The van der Waals surface area contributed by atoms with Crippen molar-refractivity contribution >= 4 is 33.7 Å². The Balaban J connectivity index is 1.51. The van der Waals surface area contributed by atoms with Gasteiger partial charge in [0.25, 0.3) is 5.91 Å². The molecule has 2 aromatic carbocycles. The van der Waals surface area contributed by atoms with Gasteiger partial charge in [-0.2, -0.15) is 0 Å². The number of aromatic nitrogens is 1. The number of phenols is 1. The molecular weight excluding hydrogens is 440 g/mol. The van der Waals surface area contributed by atoms with Crippen molar-refractivity contribution in [1.29, 1.82) is 0 Å². The number of aryl methyl sites for hydroxylation is 2. The molecule has 3 N–H and O–H groups in total. The van der Waals surface area contributed by atoms with Crippen molar-refractivity contribution in [3.63, 3.8) is 0 Å². The maximum absolute atomic E-state index is 12.6. The van der Waals surface area contributed by atoms with E-state index in [4.69, 9.17) is 9.15 Å². The van der Waals surface area contributed by atoms with Gasteiger partial charge >= 0.3 is 5.63 Å². The Labute approximate surface area is 194 Å². The molecule has 0 saturated carbocycles. The number of nitrogens with one attached hydrogen (secondary N) is 2. The number of rotatable bonds is 8. The summed E-state index contributed by atoms with van der Waals surface area (Å²) >= 11 is 0. The molecule has 9 nitrogen and oxygen atoms in total. The lowest BCUT2D eigenvalue weighted by molar-refractivity contribution is -0.308. The minimum atomic E-state index is -1.45. The molecule has 1 amide bonds. The molecular formula is C25H23N2O7-. The van der Waals surface area contributed by atoms with Crippen LogP contribution in [0.15, 0.2) is 51.8 Å². The molecule has 34 heavy (non-hydrogen) atoms. The van der Waals surface area contributed by atoms with Gasteiger partial charge in [0.1, 0.15) is 17.1 Å². The highest BCUT2D eigenvalue weighted by molar-refractivity contribution is 5.89. The van der Waals surface area contributed by atoms with Crippen molar-refractivity contribution in [2.24, 2.45) is 0 Å². The van der Waals surface area contributed by atoms with E-state index in [1.165, 1.54) is 18.2 Å². The number of amides is 1. The van der Waals surface area contributed by atoms with Crippen LogP contribution in [0, 0.1) is 6.92 Å². The lowest BCUT2D eigenvalue weighted by Crippen LogP contribution is -2.50. The predicted molar refractivity (Wildman–Crippen MR) is 123 cm³/mol. The molecule has 4 rings (SSSR count). The molecule has 0 aliphatic carbocycles. The Morgan fingerprint density at radius 1 is 1.21 bits per heavy atom. The number of carbonyl (C=O) groups is 2. The van der Waals surface area contributed by atoms with E-state index < -0.39 is 30.2 Å². The molecule has 2 heterocycles. The fraction of sp³-hybridized carbons (Fsp3) is 0.240. The monoisotopic (exact) mass is 463 g/mol. The quantitative estimate of drug-likeness (QED) is 0.337. The number of H-pyrrole nitrogens is 1. The van der Waals surface area contributed by atoms with Crippen LogP contribution in [-0.4, -0.2) is 34.6 Å².